The first-order valence-electron chi connectivity index (χ1n) is 6.16. The fraction of sp³-hybridized carbons (Fsp3) is 0.200. The van der Waals surface area contributed by atoms with Crippen LogP contribution in [0.2, 0.25) is 0 Å². The molecule has 0 heterocycles. The van der Waals surface area contributed by atoms with Crippen molar-refractivity contribution in [2.24, 2.45) is 0 Å². The molecule has 0 aliphatic heterocycles. The van der Waals surface area contributed by atoms with E-state index in [0.717, 1.165) is 24.3 Å². The van der Waals surface area contributed by atoms with E-state index in [1.165, 1.54) is 13.8 Å². The van der Waals surface area contributed by atoms with Crippen molar-refractivity contribution in [3.05, 3.63) is 63.1 Å². The molecule has 0 bridgehead atoms. The lowest BCUT2D eigenvalue weighted by atomic mass is 10.0. The normalized spacial score (nSPS) is 12.3. The fourth-order valence-corrected chi connectivity index (χ4v) is 2.37. The summed E-state index contributed by atoms with van der Waals surface area (Å²) < 4.78 is 55.1. The number of anilines is 1. The molecule has 2 aromatic carbocycles. The van der Waals surface area contributed by atoms with Gasteiger partial charge in [-0.15, -0.1) is 0 Å². The minimum absolute atomic E-state index is 0.000168. The average molecular weight is 362 g/mol. The summed E-state index contributed by atoms with van der Waals surface area (Å²) in [5, 5.41) is 2.53. The van der Waals surface area contributed by atoms with Crippen LogP contribution < -0.4 is 5.32 Å². The van der Waals surface area contributed by atoms with Crippen molar-refractivity contribution < 1.29 is 17.6 Å². The van der Waals surface area contributed by atoms with E-state index < -0.39 is 29.3 Å². The van der Waals surface area contributed by atoms with E-state index in [1.807, 2.05) is 0 Å². The molecule has 1 unspecified atom stereocenters. The molecular weight excluding hydrogens is 350 g/mol. The second-order valence-electron chi connectivity index (χ2n) is 4.73. The Kier molecular flexibility index (Phi) is 4.56. The third-order valence-corrected chi connectivity index (χ3v) is 3.57. The average Bonchev–Trinajstić information content (AvgIpc) is 2.37. The van der Waals surface area contributed by atoms with Gasteiger partial charge in [0.25, 0.3) is 0 Å². The topological polar surface area (TPSA) is 12.0 Å². The highest BCUT2D eigenvalue weighted by molar-refractivity contribution is 9.10. The first-order valence-corrected chi connectivity index (χ1v) is 6.95. The number of rotatable bonds is 3. The summed E-state index contributed by atoms with van der Waals surface area (Å²) in [6, 6.07) is 3.45. The molecule has 21 heavy (non-hydrogen) atoms. The van der Waals surface area contributed by atoms with Gasteiger partial charge < -0.3 is 5.32 Å². The Labute approximate surface area is 128 Å². The van der Waals surface area contributed by atoms with Crippen molar-refractivity contribution in [2.75, 3.05) is 5.32 Å². The van der Waals surface area contributed by atoms with E-state index in [2.05, 4.69) is 21.2 Å². The molecule has 112 valence electrons. The van der Waals surface area contributed by atoms with Gasteiger partial charge >= 0.3 is 0 Å². The van der Waals surface area contributed by atoms with Gasteiger partial charge in [0.1, 0.15) is 29.0 Å². The molecule has 0 aliphatic rings. The molecule has 1 atom stereocenters. The minimum atomic E-state index is -0.818. The van der Waals surface area contributed by atoms with Crippen molar-refractivity contribution in [2.45, 2.75) is 19.9 Å². The van der Waals surface area contributed by atoms with Crippen LogP contribution in [0, 0.1) is 30.2 Å². The lowest BCUT2D eigenvalue weighted by Crippen LogP contribution is -2.12. The highest BCUT2D eigenvalue weighted by Gasteiger charge is 2.18. The molecule has 1 N–H and O–H groups in total. The summed E-state index contributed by atoms with van der Waals surface area (Å²) in [5.41, 5.74) is -0.213. The van der Waals surface area contributed by atoms with Gasteiger partial charge in [0.15, 0.2) is 0 Å². The largest absolute Gasteiger partial charge is 0.374 e. The molecule has 0 radical (unpaired) electrons. The Hall–Kier alpha value is -1.56. The van der Waals surface area contributed by atoms with Gasteiger partial charge in [-0.3, -0.25) is 0 Å². The van der Waals surface area contributed by atoms with Crippen LogP contribution >= 0.6 is 15.9 Å². The van der Waals surface area contributed by atoms with E-state index in [0.29, 0.717) is 0 Å². The number of hydrogen-bond acceptors (Lipinski definition) is 1. The third-order valence-electron chi connectivity index (χ3n) is 3.11. The van der Waals surface area contributed by atoms with Gasteiger partial charge in [-0.1, -0.05) is 15.9 Å². The number of benzene rings is 2. The van der Waals surface area contributed by atoms with Crippen LogP contribution in [0.25, 0.3) is 0 Å². The van der Waals surface area contributed by atoms with E-state index in [1.54, 1.807) is 0 Å². The number of hydrogen-bond donors (Lipinski definition) is 1. The second-order valence-corrected chi connectivity index (χ2v) is 5.65. The highest BCUT2D eigenvalue weighted by Crippen LogP contribution is 2.29. The zero-order valence-corrected chi connectivity index (χ0v) is 12.9. The Balaban J connectivity index is 2.35. The monoisotopic (exact) mass is 361 g/mol. The van der Waals surface area contributed by atoms with Gasteiger partial charge in [-0.2, -0.15) is 0 Å². The van der Waals surface area contributed by atoms with Crippen LogP contribution in [-0.2, 0) is 0 Å². The van der Waals surface area contributed by atoms with Crippen LogP contribution in [0.4, 0.5) is 23.2 Å². The number of aryl methyl sites for hydroxylation is 1. The Morgan fingerprint density at radius 3 is 2.05 bits per heavy atom. The van der Waals surface area contributed by atoms with Crippen LogP contribution in [0.15, 0.2) is 28.7 Å². The van der Waals surface area contributed by atoms with Crippen molar-refractivity contribution in [3.63, 3.8) is 0 Å². The summed E-state index contributed by atoms with van der Waals surface area (Å²) in [5.74, 6) is -2.84. The van der Waals surface area contributed by atoms with Crippen LogP contribution in [0.5, 0.6) is 0 Å². The van der Waals surface area contributed by atoms with Crippen LogP contribution in [0.1, 0.15) is 24.1 Å². The van der Waals surface area contributed by atoms with Gasteiger partial charge in [-0.25, -0.2) is 17.6 Å². The Bertz CT molecular complexity index is 665. The first kappa shape index (κ1) is 15.8. The summed E-state index contributed by atoms with van der Waals surface area (Å²) in [6.45, 7) is 2.93. The maximum atomic E-state index is 13.8. The minimum Gasteiger partial charge on any atom is -0.374 e. The number of nitrogens with one attached hydrogen (secondary N) is 1. The first-order chi connectivity index (χ1) is 9.79. The summed E-state index contributed by atoms with van der Waals surface area (Å²) in [4.78, 5) is 0. The fourth-order valence-electron chi connectivity index (χ4n) is 1.97. The van der Waals surface area contributed by atoms with Gasteiger partial charge in [0.2, 0.25) is 0 Å². The lowest BCUT2D eigenvalue weighted by molar-refractivity contribution is 0.563. The van der Waals surface area contributed by atoms with Gasteiger partial charge in [-0.05, 0) is 43.7 Å². The predicted octanol–water partition coefficient (Wildman–Crippen LogP) is 5.49. The molecule has 0 amide bonds. The van der Waals surface area contributed by atoms with Crippen molar-refractivity contribution >= 4 is 21.6 Å². The molecule has 2 rings (SSSR count). The van der Waals surface area contributed by atoms with Gasteiger partial charge in [0.05, 0.1) is 6.04 Å². The summed E-state index contributed by atoms with van der Waals surface area (Å²) >= 11 is 2.97. The quantitative estimate of drug-likeness (QED) is 0.713. The zero-order valence-electron chi connectivity index (χ0n) is 11.3. The van der Waals surface area contributed by atoms with E-state index >= 15 is 0 Å². The van der Waals surface area contributed by atoms with Gasteiger partial charge in [0, 0.05) is 10.0 Å². The van der Waals surface area contributed by atoms with Crippen molar-refractivity contribution in [3.8, 4) is 0 Å². The van der Waals surface area contributed by atoms with E-state index in [-0.39, 0.29) is 21.3 Å². The SMILES string of the molecule is Cc1cc(F)c(C(C)Nc2c(F)cc(Br)cc2F)cc1F. The molecule has 0 fully saturated rings. The maximum Gasteiger partial charge on any atom is 0.150 e. The Morgan fingerprint density at radius 2 is 1.48 bits per heavy atom. The van der Waals surface area contributed by atoms with E-state index in [4.69, 9.17) is 0 Å². The van der Waals surface area contributed by atoms with Crippen LogP contribution in [-0.4, -0.2) is 0 Å². The molecule has 0 aromatic heterocycles. The zero-order chi connectivity index (χ0) is 15.7. The standard InChI is InChI=1S/C15H12BrF4N/c1-7-3-12(18)10(6-11(7)17)8(2)21-15-13(19)4-9(16)5-14(15)20/h3-6,8,21H,1-2H3. The summed E-state index contributed by atoms with van der Waals surface area (Å²) in [6.07, 6.45) is 0. The van der Waals surface area contributed by atoms with Crippen molar-refractivity contribution in [1.82, 2.24) is 0 Å². The third kappa shape index (κ3) is 3.37. The van der Waals surface area contributed by atoms with Crippen molar-refractivity contribution in [1.29, 1.82) is 0 Å². The highest BCUT2D eigenvalue weighted by atomic mass is 79.9. The molecular formula is C15H12BrF4N. The van der Waals surface area contributed by atoms with E-state index in [9.17, 15) is 17.6 Å². The lowest BCUT2D eigenvalue weighted by Gasteiger charge is -2.18. The smallest absolute Gasteiger partial charge is 0.150 e. The molecule has 0 saturated heterocycles. The summed E-state index contributed by atoms with van der Waals surface area (Å²) in [7, 11) is 0. The molecule has 0 spiro atoms. The molecule has 1 nitrogen and oxygen atoms in total. The molecule has 2 aromatic rings. The predicted molar refractivity (Wildman–Crippen MR) is 77.2 cm³/mol. The van der Waals surface area contributed by atoms with Crippen LogP contribution in [0.3, 0.4) is 0 Å². The second kappa shape index (κ2) is 6.05. The molecule has 0 saturated carbocycles. The maximum absolute atomic E-state index is 13.8. The number of halogens is 5. The molecule has 6 heteroatoms. The Morgan fingerprint density at radius 1 is 0.905 bits per heavy atom. The molecule has 0 aliphatic carbocycles.